The molecule has 0 atom stereocenters. The van der Waals surface area contributed by atoms with E-state index >= 15 is 0 Å². The third-order valence-electron chi connectivity index (χ3n) is 1.33. The first kappa shape index (κ1) is 9.81. The molecule has 0 saturated carbocycles. The fraction of sp³-hybridized carbons (Fsp3) is 0.100. The van der Waals surface area contributed by atoms with Crippen LogP contribution < -0.4 is 4.74 Å². The van der Waals surface area contributed by atoms with Crippen LogP contribution in [0.1, 0.15) is 6.92 Å². The molecule has 13 heavy (non-hydrogen) atoms. The van der Waals surface area contributed by atoms with Crippen LogP contribution in [0, 0.1) is 0 Å². The maximum atomic E-state index is 11.0. The second-order valence-electron chi connectivity index (χ2n) is 2.38. The molecule has 0 N–H and O–H groups in total. The Bertz CT molecular complexity index is 314. The first-order chi connectivity index (χ1) is 6.22. The maximum absolute atomic E-state index is 11.0. The highest BCUT2D eigenvalue weighted by molar-refractivity contribution is 6.30. The zero-order chi connectivity index (χ0) is 9.68. The molecule has 3 heteroatoms. The van der Waals surface area contributed by atoms with Crippen LogP contribution in [-0.2, 0) is 4.79 Å². The minimum atomic E-state index is -0.384. The normalized spacial score (nSPS) is 10.3. The first-order valence-corrected chi connectivity index (χ1v) is 4.20. The summed E-state index contributed by atoms with van der Waals surface area (Å²) in [5.41, 5.74) is 0. The van der Waals surface area contributed by atoms with Crippen molar-refractivity contribution in [2.45, 2.75) is 6.92 Å². The summed E-state index contributed by atoms with van der Waals surface area (Å²) >= 11 is 5.65. The van der Waals surface area contributed by atoms with E-state index in [1.807, 2.05) is 0 Å². The Labute approximate surface area is 81.8 Å². The molecule has 0 spiro atoms. The number of benzene rings is 1. The van der Waals surface area contributed by atoms with Gasteiger partial charge < -0.3 is 4.74 Å². The average Bonchev–Trinajstić information content (AvgIpc) is 2.09. The van der Waals surface area contributed by atoms with E-state index in [1.165, 1.54) is 6.08 Å². The van der Waals surface area contributed by atoms with Crippen LogP contribution in [0.3, 0.4) is 0 Å². The topological polar surface area (TPSA) is 26.3 Å². The van der Waals surface area contributed by atoms with Gasteiger partial charge in [0.05, 0.1) is 0 Å². The quantitative estimate of drug-likeness (QED) is 0.413. The Balaban J connectivity index is 2.64. The largest absolute Gasteiger partial charge is 0.423 e. The van der Waals surface area contributed by atoms with Crippen LogP contribution >= 0.6 is 11.6 Å². The standard InChI is InChI=1S/C10H9ClO2/c1-2-3-10(12)13-9-6-4-8(11)5-7-9/h2-7H,1H3/b3-2+. The van der Waals surface area contributed by atoms with Gasteiger partial charge in [0.25, 0.3) is 0 Å². The Morgan fingerprint density at radius 3 is 2.54 bits per heavy atom. The van der Waals surface area contributed by atoms with Crippen molar-refractivity contribution in [1.29, 1.82) is 0 Å². The molecule has 0 heterocycles. The van der Waals surface area contributed by atoms with Crippen molar-refractivity contribution in [1.82, 2.24) is 0 Å². The minimum absolute atomic E-state index is 0.384. The molecule has 1 rings (SSSR count). The molecule has 0 amide bonds. The number of ether oxygens (including phenoxy) is 1. The first-order valence-electron chi connectivity index (χ1n) is 3.82. The van der Waals surface area contributed by atoms with Crippen LogP contribution in [-0.4, -0.2) is 5.97 Å². The van der Waals surface area contributed by atoms with E-state index in [0.29, 0.717) is 10.8 Å². The third-order valence-corrected chi connectivity index (χ3v) is 1.59. The maximum Gasteiger partial charge on any atom is 0.335 e. The molecule has 0 radical (unpaired) electrons. The zero-order valence-electron chi connectivity index (χ0n) is 7.16. The van der Waals surface area contributed by atoms with Gasteiger partial charge in [-0.1, -0.05) is 17.7 Å². The summed E-state index contributed by atoms with van der Waals surface area (Å²) < 4.78 is 4.93. The third kappa shape index (κ3) is 3.30. The lowest BCUT2D eigenvalue weighted by Gasteiger charge is -1.99. The molecule has 0 aliphatic carbocycles. The summed E-state index contributed by atoms with van der Waals surface area (Å²) in [6, 6.07) is 6.62. The second-order valence-corrected chi connectivity index (χ2v) is 2.81. The molecule has 0 aliphatic rings. The van der Waals surface area contributed by atoms with Gasteiger partial charge in [-0.2, -0.15) is 0 Å². The van der Waals surface area contributed by atoms with Crippen LogP contribution in [0.2, 0.25) is 5.02 Å². The van der Waals surface area contributed by atoms with E-state index < -0.39 is 0 Å². The van der Waals surface area contributed by atoms with E-state index in [0.717, 1.165) is 0 Å². The Morgan fingerprint density at radius 1 is 1.38 bits per heavy atom. The molecule has 1 aromatic rings. The Morgan fingerprint density at radius 2 is 2.00 bits per heavy atom. The van der Waals surface area contributed by atoms with Crippen molar-refractivity contribution in [3.05, 3.63) is 41.4 Å². The van der Waals surface area contributed by atoms with Crippen LogP contribution in [0.25, 0.3) is 0 Å². The van der Waals surface area contributed by atoms with Crippen molar-refractivity contribution in [2.24, 2.45) is 0 Å². The summed E-state index contributed by atoms with van der Waals surface area (Å²) in [5, 5.41) is 0.617. The predicted octanol–water partition coefficient (Wildman–Crippen LogP) is 2.82. The lowest BCUT2D eigenvalue weighted by molar-refractivity contribution is -0.128. The monoisotopic (exact) mass is 196 g/mol. The summed E-state index contributed by atoms with van der Waals surface area (Å²) in [7, 11) is 0. The van der Waals surface area contributed by atoms with Crippen molar-refractivity contribution >= 4 is 17.6 Å². The number of carbonyl (C=O) groups is 1. The number of halogens is 1. The fourth-order valence-corrected chi connectivity index (χ4v) is 0.915. The molecule has 0 aliphatic heterocycles. The lowest BCUT2D eigenvalue weighted by Crippen LogP contribution is -2.02. The summed E-state index contributed by atoms with van der Waals surface area (Å²) in [5.74, 6) is 0.109. The van der Waals surface area contributed by atoms with E-state index in [1.54, 1.807) is 37.3 Å². The molecule has 68 valence electrons. The van der Waals surface area contributed by atoms with E-state index in [-0.39, 0.29) is 5.97 Å². The molecule has 1 aromatic carbocycles. The highest BCUT2D eigenvalue weighted by Gasteiger charge is 1.98. The Kier molecular flexibility index (Phi) is 3.53. The molecule has 0 fully saturated rings. The number of rotatable bonds is 2. The minimum Gasteiger partial charge on any atom is -0.423 e. The number of hydrogen-bond donors (Lipinski definition) is 0. The molecular weight excluding hydrogens is 188 g/mol. The van der Waals surface area contributed by atoms with Crippen LogP contribution in [0.15, 0.2) is 36.4 Å². The number of carbonyl (C=O) groups excluding carboxylic acids is 1. The highest BCUT2D eigenvalue weighted by atomic mass is 35.5. The number of allylic oxidation sites excluding steroid dienone is 1. The molecule has 0 aromatic heterocycles. The molecule has 0 bridgehead atoms. The molecular formula is C10H9ClO2. The fourth-order valence-electron chi connectivity index (χ4n) is 0.789. The van der Waals surface area contributed by atoms with Gasteiger partial charge in [-0.25, -0.2) is 4.79 Å². The molecule has 2 nitrogen and oxygen atoms in total. The van der Waals surface area contributed by atoms with Gasteiger partial charge in [-0.3, -0.25) is 0 Å². The van der Waals surface area contributed by atoms with E-state index in [4.69, 9.17) is 16.3 Å². The zero-order valence-corrected chi connectivity index (χ0v) is 7.91. The highest BCUT2D eigenvalue weighted by Crippen LogP contribution is 2.15. The smallest absolute Gasteiger partial charge is 0.335 e. The molecule has 0 saturated heterocycles. The summed E-state index contributed by atoms with van der Waals surface area (Å²) in [4.78, 5) is 11.0. The van der Waals surface area contributed by atoms with Crippen LogP contribution in [0.5, 0.6) is 5.75 Å². The summed E-state index contributed by atoms with van der Waals surface area (Å²) in [6.45, 7) is 1.75. The Hall–Kier alpha value is -1.28. The van der Waals surface area contributed by atoms with Crippen molar-refractivity contribution in [2.75, 3.05) is 0 Å². The van der Waals surface area contributed by atoms with Crippen molar-refractivity contribution in [3.63, 3.8) is 0 Å². The van der Waals surface area contributed by atoms with E-state index in [2.05, 4.69) is 0 Å². The predicted molar refractivity (Wildman–Crippen MR) is 51.9 cm³/mol. The van der Waals surface area contributed by atoms with Gasteiger partial charge in [-0.05, 0) is 31.2 Å². The van der Waals surface area contributed by atoms with Gasteiger partial charge in [0.2, 0.25) is 0 Å². The van der Waals surface area contributed by atoms with Crippen LogP contribution in [0.4, 0.5) is 0 Å². The van der Waals surface area contributed by atoms with Gasteiger partial charge in [0.1, 0.15) is 5.75 Å². The van der Waals surface area contributed by atoms with E-state index in [9.17, 15) is 4.79 Å². The van der Waals surface area contributed by atoms with Crippen molar-refractivity contribution in [3.8, 4) is 5.75 Å². The van der Waals surface area contributed by atoms with Gasteiger partial charge >= 0.3 is 5.97 Å². The van der Waals surface area contributed by atoms with Gasteiger partial charge in [0, 0.05) is 11.1 Å². The van der Waals surface area contributed by atoms with Gasteiger partial charge in [0.15, 0.2) is 0 Å². The molecule has 0 unspecified atom stereocenters. The second kappa shape index (κ2) is 4.67. The summed E-state index contributed by atoms with van der Waals surface area (Å²) in [6.07, 6.45) is 2.98. The van der Waals surface area contributed by atoms with Gasteiger partial charge in [-0.15, -0.1) is 0 Å². The lowest BCUT2D eigenvalue weighted by atomic mass is 10.3. The SMILES string of the molecule is C/C=C/C(=O)Oc1ccc(Cl)cc1. The van der Waals surface area contributed by atoms with Crippen molar-refractivity contribution < 1.29 is 9.53 Å². The average molecular weight is 197 g/mol. The number of hydrogen-bond acceptors (Lipinski definition) is 2. The number of esters is 1.